The Morgan fingerprint density at radius 3 is 1.91 bits per heavy atom. The molecule has 26 heteroatoms. The first-order chi connectivity index (χ1) is 37.6. The Hall–Kier alpha value is -4.61. The largest absolute Gasteiger partial charge is 0.474 e. The Kier molecular flexibility index (Phi) is 26.6. The number of ether oxygens (including phenoxy) is 9. The minimum atomic E-state index is -1.88. The number of alkyl carbamates (subject to hydrolysis) is 2. The second kappa shape index (κ2) is 30.5. The van der Waals surface area contributed by atoms with E-state index in [0.29, 0.717) is 31.6 Å². The van der Waals surface area contributed by atoms with Crippen LogP contribution >= 0.6 is 0 Å². The van der Waals surface area contributed by atoms with Crippen molar-refractivity contribution in [2.24, 2.45) is 0 Å². The van der Waals surface area contributed by atoms with Crippen molar-refractivity contribution < 1.29 is 92.1 Å². The molecule has 4 amide bonds. The van der Waals surface area contributed by atoms with Gasteiger partial charge in [-0.15, -0.1) is 0 Å². The summed E-state index contributed by atoms with van der Waals surface area (Å²) < 4.78 is 53.8. The van der Waals surface area contributed by atoms with E-state index in [-0.39, 0.29) is 50.7 Å². The van der Waals surface area contributed by atoms with Crippen molar-refractivity contribution in [3.05, 3.63) is 24.3 Å². The molecule has 1 aliphatic carbocycles. The number of aliphatic hydroxyl groups excluding tert-OH is 4. The van der Waals surface area contributed by atoms with E-state index in [1.165, 1.54) is 14.0 Å². The van der Waals surface area contributed by atoms with E-state index in [4.69, 9.17) is 42.6 Å². The molecule has 474 valence electrons. The van der Waals surface area contributed by atoms with Crippen LogP contribution in [0.15, 0.2) is 24.3 Å². The maximum absolute atomic E-state index is 14.0. The van der Waals surface area contributed by atoms with Gasteiger partial charge in [0.15, 0.2) is 12.2 Å². The van der Waals surface area contributed by atoms with Gasteiger partial charge in [0.05, 0.1) is 42.9 Å². The molecule has 0 aromatic heterocycles. The van der Waals surface area contributed by atoms with Crippen molar-refractivity contribution in [3.63, 3.8) is 0 Å². The highest BCUT2D eigenvalue weighted by Crippen LogP contribution is 2.35. The maximum atomic E-state index is 14.0. The summed E-state index contributed by atoms with van der Waals surface area (Å²) in [5.41, 5.74) is -5.94. The first-order valence-corrected chi connectivity index (χ1v) is 28.2. The second-order valence-electron chi connectivity index (χ2n) is 26.4. The van der Waals surface area contributed by atoms with Gasteiger partial charge in [-0.2, -0.15) is 0 Å². The van der Waals surface area contributed by atoms with E-state index >= 15 is 0 Å². The molecular weight excluding hydrogens is 1070 g/mol. The Bertz CT molecular complexity index is 2100. The van der Waals surface area contributed by atoms with Gasteiger partial charge < -0.3 is 104 Å². The molecular formula is C56H101N7O19. The lowest BCUT2D eigenvalue weighted by molar-refractivity contribution is -0.312. The molecule has 82 heavy (non-hydrogen) atoms. The molecule has 0 radical (unpaired) electrons. The lowest BCUT2D eigenvalue weighted by Crippen LogP contribution is -2.71. The molecule has 26 nitrogen and oxygen atoms in total. The molecule has 0 bridgehead atoms. The SMILES string of the molecule is C=C(NCC[C@H](O)C(=O)N[C@@H]1C[C@H](NC(=O)OC(C)(C)C)[C@@H](O[C@H]2OC(CNCCCC(CCC=O)NC(=O)OC(C)(C)C)=CC[C@H]2NC(O)OC(C)(C)C)[C@H](O)[C@H]1O[C@H]1OC[C@](C)(O)[C@H](N(C)C(=O)OC(C)(C)C)[C@H]1O)OC(C)(C)C. The molecule has 3 aliphatic rings. The number of hydrogen-bond donors (Lipinski definition) is 11. The highest BCUT2D eigenvalue weighted by atomic mass is 16.7. The van der Waals surface area contributed by atoms with Gasteiger partial charge in [-0.3, -0.25) is 10.1 Å². The Morgan fingerprint density at radius 2 is 1.34 bits per heavy atom. The molecule has 2 aliphatic heterocycles. The highest BCUT2D eigenvalue weighted by molar-refractivity contribution is 5.81. The van der Waals surface area contributed by atoms with Crippen LogP contribution in [0.1, 0.15) is 156 Å². The van der Waals surface area contributed by atoms with E-state index < -0.39 is 138 Å². The summed E-state index contributed by atoms with van der Waals surface area (Å²) in [6, 6.07) is -5.21. The quantitative estimate of drug-likeness (QED) is 0.0195. The van der Waals surface area contributed by atoms with Crippen molar-refractivity contribution >= 4 is 30.5 Å². The van der Waals surface area contributed by atoms with Gasteiger partial charge in [0.25, 0.3) is 0 Å². The number of carbonyl (C=O) groups is 5. The normalized spacial score (nSPS) is 27.5. The molecule has 1 saturated carbocycles. The number of amides is 4. The number of likely N-dealkylation sites (N-methyl/N-ethyl adjacent to an activating group) is 1. The van der Waals surface area contributed by atoms with Gasteiger partial charge in [0.1, 0.15) is 70.6 Å². The van der Waals surface area contributed by atoms with Gasteiger partial charge in [0, 0.05) is 26.1 Å². The van der Waals surface area contributed by atoms with Crippen molar-refractivity contribution in [2.45, 2.75) is 269 Å². The molecule has 0 aromatic carbocycles. The third kappa shape index (κ3) is 25.7. The van der Waals surface area contributed by atoms with Crippen LogP contribution < -0.4 is 31.9 Å². The van der Waals surface area contributed by atoms with Gasteiger partial charge in [0.2, 0.25) is 18.6 Å². The molecule has 0 spiro atoms. The number of carbonyl (C=O) groups excluding carboxylic acids is 5. The zero-order valence-electron chi connectivity index (χ0n) is 51.5. The number of aliphatic hydroxyl groups is 5. The number of nitrogens with zero attached hydrogens (tertiary/aromatic N) is 1. The first-order valence-electron chi connectivity index (χ1n) is 28.2. The summed E-state index contributed by atoms with van der Waals surface area (Å²) >= 11 is 0. The van der Waals surface area contributed by atoms with Crippen molar-refractivity contribution in [1.82, 2.24) is 36.8 Å². The third-order valence-electron chi connectivity index (χ3n) is 12.5. The zero-order valence-corrected chi connectivity index (χ0v) is 51.5. The number of aldehydes is 1. The molecule has 2 heterocycles. The van der Waals surface area contributed by atoms with Crippen molar-refractivity contribution in [3.8, 4) is 0 Å². The summed E-state index contributed by atoms with van der Waals surface area (Å²) in [6.07, 6.45) is -11.5. The molecule has 2 fully saturated rings. The predicted molar refractivity (Wildman–Crippen MR) is 300 cm³/mol. The minimum absolute atomic E-state index is 0.0539. The van der Waals surface area contributed by atoms with Crippen LogP contribution in [0.25, 0.3) is 0 Å². The highest BCUT2D eigenvalue weighted by Gasteiger charge is 2.55. The van der Waals surface area contributed by atoms with E-state index in [1.54, 1.807) is 89.2 Å². The fraction of sp³-hybridized carbons (Fsp3) is 0.839. The Labute approximate surface area is 484 Å². The summed E-state index contributed by atoms with van der Waals surface area (Å²) in [7, 11) is 1.32. The maximum Gasteiger partial charge on any atom is 0.410 e. The van der Waals surface area contributed by atoms with Crippen molar-refractivity contribution in [1.29, 1.82) is 0 Å². The molecule has 14 atom stereocenters. The standard InChI is InChI=1S/C56H101N7O19/c1-32(78-51(2,3)4)58-27-25-38(65)44(68)60-36-29-37(62-49(71)81-54(11,12)13)42(39(66)41(36)77-46-40(67)43(56(17,73)31-74-46)63(18)50(72)82-55(14,15)16)76-45-35(61-48(70)80-53(8,9)10)24-23-34(75-45)30-57-26-19-21-33(22-20-28-64)59-47(69)79-52(5,6)7/h23,28,33,35-43,45-46,48,57-58,61,65-67,70,73H,1,19-22,24-27,29-31H2,2-18H3,(H,59,69)(H,60,68)(H,62,71)/t33?,35-,36-,37+,38+,39-,40-,41+,42-,43-,45-,46-,48?,56+/m1/s1. The average Bonchev–Trinajstić information content (AvgIpc) is 3.29. The summed E-state index contributed by atoms with van der Waals surface area (Å²) in [4.78, 5) is 66.0. The van der Waals surface area contributed by atoms with Gasteiger partial charge in [-0.25, -0.2) is 14.4 Å². The van der Waals surface area contributed by atoms with E-state index in [1.807, 2.05) is 20.8 Å². The Morgan fingerprint density at radius 1 is 0.768 bits per heavy atom. The lowest BCUT2D eigenvalue weighted by atomic mass is 9.82. The van der Waals surface area contributed by atoms with E-state index in [0.717, 1.165) is 11.2 Å². The molecule has 2 unspecified atom stereocenters. The molecule has 0 aromatic rings. The monoisotopic (exact) mass is 1180 g/mol. The number of hydrogen-bond acceptors (Lipinski definition) is 22. The van der Waals surface area contributed by atoms with Crippen LogP contribution in [0, 0.1) is 0 Å². The van der Waals surface area contributed by atoms with Crippen LogP contribution in [-0.4, -0.2) is 208 Å². The average molecular weight is 1180 g/mol. The fourth-order valence-corrected chi connectivity index (χ4v) is 9.24. The van der Waals surface area contributed by atoms with E-state index in [9.17, 15) is 49.5 Å². The second-order valence-corrected chi connectivity index (χ2v) is 26.4. The smallest absolute Gasteiger partial charge is 0.410 e. The Balaban J connectivity index is 2.07. The van der Waals surface area contributed by atoms with Crippen LogP contribution in [-0.2, 0) is 52.2 Å². The molecule has 3 rings (SSSR count). The fourth-order valence-electron chi connectivity index (χ4n) is 9.24. The topological polar surface area (TPSA) is 345 Å². The van der Waals surface area contributed by atoms with Gasteiger partial charge in [-0.1, -0.05) is 0 Å². The number of nitrogens with one attached hydrogen (secondary N) is 6. The number of rotatable bonds is 26. The van der Waals surface area contributed by atoms with E-state index in [2.05, 4.69) is 38.5 Å². The summed E-state index contributed by atoms with van der Waals surface area (Å²) in [5.74, 6) is -0.308. The summed E-state index contributed by atoms with van der Waals surface area (Å²) in [5, 5.41) is 76.4. The van der Waals surface area contributed by atoms with Gasteiger partial charge in [-0.05, 0) is 169 Å². The zero-order chi connectivity index (χ0) is 62.3. The van der Waals surface area contributed by atoms with Gasteiger partial charge >= 0.3 is 18.3 Å². The first kappa shape index (κ1) is 71.7. The lowest BCUT2D eigenvalue weighted by Gasteiger charge is -2.50. The van der Waals surface area contributed by atoms with Crippen LogP contribution in [0.2, 0.25) is 0 Å². The van der Waals surface area contributed by atoms with Crippen LogP contribution in [0.5, 0.6) is 0 Å². The minimum Gasteiger partial charge on any atom is -0.474 e. The van der Waals surface area contributed by atoms with Crippen LogP contribution in [0.4, 0.5) is 14.4 Å². The molecule has 11 N–H and O–H groups in total. The summed E-state index contributed by atoms with van der Waals surface area (Å²) in [6.45, 7) is 31.2. The van der Waals surface area contributed by atoms with Crippen LogP contribution in [0.3, 0.4) is 0 Å². The molecule has 1 saturated heterocycles. The third-order valence-corrected chi connectivity index (χ3v) is 12.5. The predicted octanol–water partition coefficient (Wildman–Crippen LogP) is 3.15. The van der Waals surface area contributed by atoms with Crippen molar-refractivity contribution in [2.75, 3.05) is 33.3 Å².